The highest BCUT2D eigenvalue weighted by Crippen LogP contribution is 2.30. The van der Waals surface area contributed by atoms with Crippen LogP contribution in [-0.2, 0) is 0 Å². The molecule has 6 heteroatoms. The van der Waals surface area contributed by atoms with Crippen molar-refractivity contribution in [2.24, 2.45) is 0 Å². The predicted molar refractivity (Wildman–Crippen MR) is 79.7 cm³/mol. The molecule has 0 aliphatic heterocycles. The van der Waals surface area contributed by atoms with Crippen LogP contribution in [0, 0.1) is 6.92 Å². The average Bonchev–Trinajstić information content (AvgIpc) is 2.83. The number of benzene rings is 1. The van der Waals surface area contributed by atoms with Gasteiger partial charge in [-0.1, -0.05) is 6.07 Å². The summed E-state index contributed by atoms with van der Waals surface area (Å²) in [5.74, 6) is -0.937. The van der Waals surface area contributed by atoms with Crippen molar-refractivity contribution in [1.82, 2.24) is 9.97 Å². The van der Waals surface area contributed by atoms with Gasteiger partial charge in [-0.3, -0.25) is 0 Å². The number of nitrogens with zero attached hydrogens (tertiary/aromatic N) is 2. The van der Waals surface area contributed by atoms with Crippen LogP contribution in [0.25, 0.3) is 10.9 Å². The summed E-state index contributed by atoms with van der Waals surface area (Å²) in [6.45, 7) is 1.95. The molecule has 2 heterocycles. The summed E-state index contributed by atoms with van der Waals surface area (Å²) in [4.78, 5) is 20.0. The maximum absolute atomic E-state index is 11.2. The maximum atomic E-state index is 11.2. The smallest absolute Gasteiger partial charge is 0.336 e. The standard InChI is InChI=1S/C14H10N2O2S2/c1-8-7-19-14(15-8)20-12-6-5-9-10(13(17)18)3-2-4-11(9)16-12/h2-7H,1H3,(H,17,18). The zero-order chi connectivity index (χ0) is 14.1. The lowest BCUT2D eigenvalue weighted by Crippen LogP contribution is -1.97. The van der Waals surface area contributed by atoms with Crippen LogP contribution in [0.4, 0.5) is 0 Å². The molecule has 0 fully saturated rings. The Hall–Kier alpha value is -1.92. The van der Waals surface area contributed by atoms with Crippen LogP contribution in [-0.4, -0.2) is 21.0 Å². The normalized spacial score (nSPS) is 10.8. The van der Waals surface area contributed by atoms with Gasteiger partial charge in [0.2, 0.25) is 0 Å². The van der Waals surface area contributed by atoms with Crippen molar-refractivity contribution in [1.29, 1.82) is 0 Å². The molecule has 0 amide bonds. The number of carbonyl (C=O) groups is 1. The molecule has 0 aliphatic carbocycles. The van der Waals surface area contributed by atoms with E-state index in [2.05, 4.69) is 9.97 Å². The van der Waals surface area contributed by atoms with E-state index in [-0.39, 0.29) is 5.56 Å². The summed E-state index contributed by atoms with van der Waals surface area (Å²) in [5, 5.41) is 12.6. The van der Waals surface area contributed by atoms with Crippen molar-refractivity contribution in [2.75, 3.05) is 0 Å². The third-order valence-corrected chi connectivity index (χ3v) is 4.72. The number of aryl methyl sites for hydroxylation is 1. The van der Waals surface area contributed by atoms with Crippen molar-refractivity contribution in [3.8, 4) is 0 Å². The van der Waals surface area contributed by atoms with E-state index in [0.717, 1.165) is 15.1 Å². The SMILES string of the molecule is Cc1csc(Sc2ccc3c(C(=O)O)cccc3n2)n1. The third kappa shape index (κ3) is 2.52. The van der Waals surface area contributed by atoms with E-state index < -0.39 is 5.97 Å². The Morgan fingerprint density at radius 1 is 1.25 bits per heavy atom. The van der Waals surface area contributed by atoms with Gasteiger partial charge in [0.1, 0.15) is 5.03 Å². The van der Waals surface area contributed by atoms with Crippen molar-refractivity contribution in [3.05, 3.63) is 47.0 Å². The Morgan fingerprint density at radius 3 is 2.80 bits per heavy atom. The Bertz CT molecular complexity index is 799. The number of hydrogen-bond acceptors (Lipinski definition) is 5. The van der Waals surface area contributed by atoms with E-state index in [0.29, 0.717) is 10.9 Å². The van der Waals surface area contributed by atoms with Gasteiger partial charge in [0.05, 0.1) is 11.1 Å². The van der Waals surface area contributed by atoms with E-state index in [1.165, 1.54) is 11.8 Å². The fourth-order valence-corrected chi connectivity index (χ4v) is 3.61. The molecule has 0 bridgehead atoms. The van der Waals surface area contributed by atoms with Crippen LogP contribution in [0.15, 0.2) is 45.1 Å². The zero-order valence-corrected chi connectivity index (χ0v) is 12.2. The first-order valence-corrected chi connectivity index (χ1v) is 7.56. The number of hydrogen-bond donors (Lipinski definition) is 1. The van der Waals surface area contributed by atoms with Gasteiger partial charge in [0, 0.05) is 16.5 Å². The Morgan fingerprint density at radius 2 is 2.10 bits per heavy atom. The number of rotatable bonds is 3. The number of thiazole rings is 1. The van der Waals surface area contributed by atoms with Crippen LogP contribution in [0.2, 0.25) is 0 Å². The molecule has 1 aromatic carbocycles. The Kier molecular flexibility index (Phi) is 3.42. The van der Waals surface area contributed by atoms with Crippen molar-refractivity contribution >= 4 is 40.0 Å². The van der Waals surface area contributed by atoms with E-state index in [4.69, 9.17) is 5.11 Å². The van der Waals surface area contributed by atoms with Gasteiger partial charge in [-0.2, -0.15) is 0 Å². The molecule has 0 spiro atoms. The first kappa shape index (κ1) is 13.1. The summed E-state index contributed by atoms with van der Waals surface area (Å²) in [6, 6.07) is 8.74. The minimum atomic E-state index is -0.937. The molecule has 0 atom stereocenters. The number of carboxylic acid groups (broad SMARTS) is 1. The van der Waals surface area contributed by atoms with Crippen LogP contribution in [0.3, 0.4) is 0 Å². The van der Waals surface area contributed by atoms with Gasteiger partial charge >= 0.3 is 5.97 Å². The lowest BCUT2D eigenvalue weighted by atomic mass is 10.1. The van der Waals surface area contributed by atoms with E-state index >= 15 is 0 Å². The number of aromatic nitrogens is 2. The number of fused-ring (bicyclic) bond motifs is 1. The molecule has 1 N–H and O–H groups in total. The highest BCUT2D eigenvalue weighted by Gasteiger charge is 2.10. The highest BCUT2D eigenvalue weighted by atomic mass is 32.2. The summed E-state index contributed by atoms with van der Waals surface area (Å²) >= 11 is 3.06. The monoisotopic (exact) mass is 302 g/mol. The quantitative estimate of drug-likeness (QED) is 0.796. The van der Waals surface area contributed by atoms with Crippen LogP contribution < -0.4 is 0 Å². The molecule has 0 unspecified atom stereocenters. The Balaban J connectivity index is 2.01. The molecule has 20 heavy (non-hydrogen) atoms. The third-order valence-electron chi connectivity index (χ3n) is 2.73. The second kappa shape index (κ2) is 5.22. The molecule has 2 aromatic heterocycles. The van der Waals surface area contributed by atoms with Gasteiger partial charge in [-0.05, 0) is 43.0 Å². The molecule has 3 rings (SSSR count). The van der Waals surface area contributed by atoms with Crippen molar-refractivity contribution in [3.63, 3.8) is 0 Å². The molecule has 0 saturated carbocycles. The highest BCUT2D eigenvalue weighted by molar-refractivity contribution is 8.01. The maximum Gasteiger partial charge on any atom is 0.336 e. The molecule has 0 radical (unpaired) electrons. The molecule has 3 aromatic rings. The van der Waals surface area contributed by atoms with Crippen molar-refractivity contribution in [2.45, 2.75) is 16.3 Å². The lowest BCUT2D eigenvalue weighted by molar-refractivity contribution is 0.0699. The first-order chi connectivity index (χ1) is 9.63. The molecular weight excluding hydrogens is 292 g/mol. The number of aromatic carboxylic acids is 1. The average molecular weight is 302 g/mol. The summed E-state index contributed by atoms with van der Waals surface area (Å²) < 4.78 is 0.934. The number of carboxylic acids is 1. The fraction of sp³-hybridized carbons (Fsp3) is 0.0714. The van der Waals surface area contributed by atoms with Gasteiger partial charge in [-0.15, -0.1) is 11.3 Å². The lowest BCUT2D eigenvalue weighted by Gasteiger charge is -2.03. The fourth-order valence-electron chi connectivity index (χ4n) is 1.85. The largest absolute Gasteiger partial charge is 0.478 e. The van der Waals surface area contributed by atoms with Gasteiger partial charge in [0.25, 0.3) is 0 Å². The van der Waals surface area contributed by atoms with E-state index in [1.54, 1.807) is 29.5 Å². The Labute approximate surface area is 123 Å². The number of pyridine rings is 1. The van der Waals surface area contributed by atoms with Gasteiger partial charge < -0.3 is 5.11 Å². The molecule has 0 saturated heterocycles. The van der Waals surface area contributed by atoms with E-state index in [1.807, 2.05) is 24.4 Å². The second-order valence-electron chi connectivity index (χ2n) is 4.18. The van der Waals surface area contributed by atoms with Gasteiger partial charge in [-0.25, -0.2) is 14.8 Å². The second-order valence-corrected chi connectivity index (χ2v) is 6.31. The summed E-state index contributed by atoms with van der Waals surface area (Å²) in [7, 11) is 0. The van der Waals surface area contributed by atoms with E-state index in [9.17, 15) is 4.79 Å². The molecule has 4 nitrogen and oxygen atoms in total. The first-order valence-electron chi connectivity index (χ1n) is 5.86. The van der Waals surface area contributed by atoms with Crippen LogP contribution in [0.5, 0.6) is 0 Å². The van der Waals surface area contributed by atoms with Crippen molar-refractivity contribution < 1.29 is 9.90 Å². The molecule has 0 aliphatic rings. The predicted octanol–water partition coefficient (Wildman–Crippen LogP) is 3.85. The molecular formula is C14H10N2O2S2. The zero-order valence-electron chi connectivity index (χ0n) is 10.5. The topological polar surface area (TPSA) is 63.1 Å². The molecule has 100 valence electrons. The summed E-state index contributed by atoms with van der Waals surface area (Å²) in [5.41, 5.74) is 1.95. The van der Waals surface area contributed by atoms with Crippen LogP contribution in [0.1, 0.15) is 16.1 Å². The minimum absolute atomic E-state index is 0.275. The summed E-state index contributed by atoms with van der Waals surface area (Å²) in [6.07, 6.45) is 0. The van der Waals surface area contributed by atoms with Crippen LogP contribution >= 0.6 is 23.1 Å². The minimum Gasteiger partial charge on any atom is -0.478 e. The van der Waals surface area contributed by atoms with Gasteiger partial charge in [0.15, 0.2) is 4.34 Å².